The lowest BCUT2D eigenvalue weighted by Crippen LogP contribution is -2.37. The highest BCUT2D eigenvalue weighted by molar-refractivity contribution is 4.56. The zero-order valence-corrected chi connectivity index (χ0v) is 7.62. The van der Waals surface area contributed by atoms with E-state index >= 15 is 0 Å². The van der Waals surface area contributed by atoms with Crippen LogP contribution in [-0.2, 0) is 14.2 Å². The number of hydrogen-bond acceptors (Lipinski definition) is 4. The molecule has 0 aromatic rings. The van der Waals surface area contributed by atoms with Gasteiger partial charge in [-0.25, -0.2) is 0 Å². The molecule has 1 heterocycles. The molecular formula is C8H17NO3. The number of morpholine rings is 1. The molecule has 0 N–H and O–H groups in total. The van der Waals surface area contributed by atoms with Crippen molar-refractivity contribution in [3.05, 3.63) is 0 Å². The average Bonchev–Trinajstić information content (AvgIpc) is 2.14. The van der Waals surface area contributed by atoms with Gasteiger partial charge in [0.25, 0.3) is 0 Å². The van der Waals surface area contributed by atoms with Gasteiger partial charge in [-0.3, -0.25) is 4.90 Å². The standard InChI is InChI=1S/C8H17NO3/c1-10-6-7-12-8-9-2-4-11-5-3-9/h2-8H2,1H3. The molecule has 0 radical (unpaired) electrons. The molecule has 0 amide bonds. The van der Waals surface area contributed by atoms with Gasteiger partial charge in [0.2, 0.25) is 0 Å². The van der Waals surface area contributed by atoms with Crippen LogP contribution in [0.1, 0.15) is 0 Å². The first-order chi connectivity index (χ1) is 5.93. The lowest BCUT2D eigenvalue weighted by molar-refractivity contribution is -0.0423. The first-order valence-electron chi connectivity index (χ1n) is 4.30. The maximum Gasteiger partial charge on any atom is 0.0992 e. The lowest BCUT2D eigenvalue weighted by Gasteiger charge is -2.25. The molecule has 72 valence electrons. The minimum absolute atomic E-state index is 0.671. The Morgan fingerprint density at radius 1 is 1.25 bits per heavy atom. The highest BCUT2D eigenvalue weighted by atomic mass is 16.5. The van der Waals surface area contributed by atoms with Gasteiger partial charge in [-0.15, -0.1) is 0 Å². The van der Waals surface area contributed by atoms with Crippen LogP contribution < -0.4 is 0 Å². The first kappa shape index (κ1) is 9.92. The fraction of sp³-hybridized carbons (Fsp3) is 1.00. The summed E-state index contributed by atoms with van der Waals surface area (Å²) in [7, 11) is 1.68. The van der Waals surface area contributed by atoms with Gasteiger partial charge < -0.3 is 14.2 Å². The van der Waals surface area contributed by atoms with Gasteiger partial charge in [0, 0.05) is 20.2 Å². The average molecular weight is 175 g/mol. The second-order valence-corrected chi connectivity index (χ2v) is 2.76. The topological polar surface area (TPSA) is 30.9 Å². The van der Waals surface area contributed by atoms with Crippen molar-refractivity contribution >= 4 is 0 Å². The summed E-state index contributed by atoms with van der Waals surface area (Å²) in [5.41, 5.74) is 0. The van der Waals surface area contributed by atoms with Crippen LogP contribution in [0.3, 0.4) is 0 Å². The van der Waals surface area contributed by atoms with Crippen LogP contribution in [-0.4, -0.2) is 58.3 Å². The smallest absolute Gasteiger partial charge is 0.0992 e. The highest BCUT2D eigenvalue weighted by Gasteiger charge is 2.08. The molecule has 1 fully saturated rings. The minimum Gasteiger partial charge on any atom is -0.382 e. The molecule has 12 heavy (non-hydrogen) atoms. The molecule has 0 atom stereocenters. The monoisotopic (exact) mass is 175 g/mol. The highest BCUT2D eigenvalue weighted by Crippen LogP contribution is 1.95. The SMILES string of the molecule is COCCOCN1CCOCC1. The van der Waals surface area contributed by atoms with E-state index in [9.17, 15) is 0 Å². The summed E-state index contributed by atoms with van der Waals surface area (Å²) in [5, 5.41) is 0. The van der Waals surface area contributed by atoms with Crippen LogP contribution in [0.5, 0.6) is 0 Å². The second kappa shape index (κ2) is 6.37. The summed E-state index contributed by atoms with van der Waals surface area (Å²) < 4.78 is 15.4. The summed E-state index contributed by atoms with van der Waals surface area (Å²) >= 11 is 0. The maximum absolute atomic E-state index is 5.36. The number of hydrogen-bond donors (Lipinski definition) is 0. The van der Waals surface area contributed by atoms with E-state index in [0.717, 1.165) is 26.3 Å². The lowest BCUT2D eigenvalue weighted by atomic mass is 10.5. The summed E-state index contributed by atoms with van der Waals surface area (Å²) in [6, 6.07) is 0. The Labute approximate surface area is 73.4 Å². The Balaban J connectivity index is 1.91. The molecule has 1 rings (SSSR count). The van der Waals surface area contributed by atoms with Gasteiger partial charge in [0.15, 0.2) is 0 Å². The summed E-state index contributed by atoms with van der Waals surface area (Å²) in [5.74, 6) is 0. The molecule has 4 nitrogen and oxygen atoms in total. The molecule has 0 aliphatic carbocycles. The van der Waals surface area contributed by atoms with Gasteiger partial charge >= 0.3 is 0 Å². The number of nitrogens with zero attached hydrogens (tertiary/aromatic N) is 1. The van der Waals surface area contributed by atoms with Crippen molar-refractivity contribution in [1.82, 2.24) is 4.90 Å². The summed E-state index contributed by atoms with van der Waals surface area (Å²) in [4.78, 5) is 2.24. The van der Waals surface area contributed by atoms with Crippen LogP contribution in [0.25, 0.3) is 0 Å². The Kier molecular flexibility index (Phi) is 5.27. The minimum atomic E-state index is 0.671. The van der Waals surface area contributed by atoms with Crippen molar-refractivity contribution in [2.24, 2.45) is 0 Å². The van der Waals surface area contributed by atoms with Gasteiger partial charge in [0.05, 0.1) is 33.2 Å². The van der Waals surface area contributed by atoms with E-state index in [1.165, 1.54) is 0 Å². The van der Waals surface area contributed by atoms with Crippen LogP contribution in [0.4, 0.5) is 0 Å². The largest absolute Gasteiger partial charge is 0.382 e. The Morgan fingerprint density at radius 3 is 2.67 bits per heavy atom. The molecule has 1 aliphatic rings. The predicted molar refractivity (Wildman–Crippen MR) is 45.1 cm³/mol. The predicted octanol–water partition coefficient (Wildman–Crippen LogP) is -0.0609. The van der Waals surface area contributed by atoms with Gasteiger partial charge in [-0.05, 0) is 0 Å². The van der Waals surface area contributed by atoms with E-state index < -0.39 is 0 Å². The van der Waals surface area contributed by atoms with E-state index in [-0.39, 0.29) is 0 Å². The Morgan fingerprint density at radius 2 is 2.00 bits per heavy atom. The Hall–Kier alpha value is -0.160. The van der Waals surface area contributed by atoms with E-state index in [1.54, 1.807) is 7.11 Å². The van der Waals surface area contributed by atoms with Crippen LogP contribution in [0, 0.1) is 0 Å². The quantitative estimate of drug-likeness (QED) is 0.548. The molecule has 4 heteroatoms. The molecule has 0 aromatic heterocycles. The summed E-state index contributed by atoms with van der Waals surface area (Å²) in [6.07, 6.45) is 0. The molecule has 1 aliphatic heterocycles. The molecule has 0 bridgehead atoms. The van der Waals surface area contributed by atoms with Crippen molar-refractivity contribution in [3.63, 3.8) is 0 Å². The van der Waals surface area contributed by atoms with E-state index in [0.29, 0.717) is 19.9 Å². The Bertz CT molecular complexity index is 104. The fourth-order valence-corrected chi connectivity index (χ4v) is 1.07. The molecule has 0 aromatic carbocycles. The van der Waals surface area contributed by atoms with E-state index in [1.807, 2.05) is 0 Å². The van der Waals surface area contributed by atoms with Gasteiger partial charge in [-0.1, -0.05) is 0 Å². The van der Waals surface area contributed by atoms with Crippen molar-refractivity contribution < 1.29 is 14.2 Å². The van der Waals surface area contributed by atoms with Gasteiger partial charge in [-0.2, -0.15) is 0 Å². The van der Waals surface area contributed by atoms with Crippen molar-refractivity contribution in [2.75, 3.05) is 53.4 Å². The van der Waals surface area contributed by atoms with Crippen LogP contribution in [0.15, 0.2) is 0 Å². The van der Waals surface area contributed by atoms with Crippen LogP contribution in [0.2, 0.25) is 0 Å². The van der Waals surface area contributed by atoms with Gasteiger partial charge in [0.1, 0.15) is 0 Å². The number of ether oxygens (including phenoxy) is 3. The molecule has 0 spiro atoms. The zero-order chi connectivity index (χ0) is 8.65. The number of methoxy groups -OCH3 is 1. The molecule has 0 unspecified atom stereocenters. The fourth-order valence-electron chi connectivity index (χ4n) is 1.07. The first-order valence-corrected chi connectivity index (χ1v) is 4.30. The van der Waals surface area contributed by atoms with E-state index in [2.05, 4.69) is 4.90 Å². The number of rotatable bonds is 5. The zero-order valence-electron chi connectivity index (χ0n) is 7.62. The molecular weight excluding hydrogens is 158 g/mol. The molecule has 1 saturated heterocycles. The van der Waals surface area contributed by atoms with Crippen molar-refractivity contribution in [3.8, 4) is 0 Å². The third-order valence-electron chi connectivity index (χ3n) is 1.81. The van der Waals surface area contributed by atoms with E-state index in [4.69, 9.17) is 14.2 Å². The molecule has 0 saturated carbocycles. The third kappa shape index (κ3) is 4.01. The van der Waals surface area contributed by atoms with Crippen molar-refractivity contribution in [2.45, 2.75) is 0 Å². The maximum atomic E-state index is 5.36. The second-order valence-electron chi connectivity index (χ2n) is 2.76. The normalized spacial score (nSPS) is 19.8. The van der Waals surface area contributed by atoms with Crippen molar-refractivity contribution in [1.29, 1.82) is 0 Å². The van der Waals surface area contributed by atoms with Crippen LogP contribution >= 0.6 is 0 Å². The summed E-state index contributed by atoms with van der Waals surface area (Å²) in [6.45, 7) is 5.66. The third-order valence-corrected chi connectivity index (χ3v) is 1.81.